The van der Waals surface area contributed by atoms with E-state index in [0.717, 1.165) is 30.0 Å². The number of carbonyl (C=O) groups excluding carboxylic acids is 1. The molecule has 5 nitrogen and oxygen atoms in total. The maximum Gasteiger partial charge on any atom is 0.264 e. The molecule has 0 aromatic heterocycles. The summed E-state index contributed by atoms with van der Waals surface area (Å²) in [6, 6.07) is 14.6. The van der Waals surface area contributed by atoms with Crippen molar-refractivity contribution in [1.82, 2.24) is 5.32 Å². The Labute approximate surface area is 179 Å². The van der Waals surface area contributed by atoms with Gasteiger partial charge >= 0.3 is 0 Å². The first kappa shape index (κ1) is 23.2. The molecule has 2 rings (SSSR count). The van der Waals surface area contributed by atoms with Crippen LogP contribution in [0.5, 0.6) is 0 Å². The van der Waals surface area contributed by atoms with Gasteiger partial charge in [-0.3, -0.25) is 9.10 Å². The highest BCUT2D eigenvalue weighted by atomic mass is 35.5. The van der Waals surface area contributed by atoms with Crippen LogP contribution in [0.25, 0.3) is 0 Å². The minimum Gasteiger partial charge on any atom is -0.354 e. The van der Waals surface area contributed by atoms with Crippen molar-refractivity contribution in [3.05, 3.63) is 59.6 Å². The lowest BCUT2D eigenvalue weighted by molar-refractivity contribution is -0.119. The summed E-state index contributed by atoms with van der Waals surface area (Å²) in [7, 11) is -3.91. The lowest BCUT2D eigenvalue weighted by Crippen LogP contribution is -2.42. The van der Waals surface area contributed by atoms with E-state index >= 15 is 0 Å². The van der Waals surface area contributed by atoms with Crippen molar-refractivity contribution in [2.45, 2.75) is 44.4 Å². The van der Waals surface area contributed by atoms with E-state index in [-0.39, 0.29) is 17.3 Å². The van der Waals surface area contributed by atoms with E-state index in [0.29, 0.717) is 23.2 Å². The molecule has 2 aromatic carbocycles. The molecule has 0 bridgehead atoms. The van der Waals surface area contributed by atoms with Crippen LogP contribution in [0.3, 0.4) is 0 Å². The standard InChI is InChI=1S/C22H29ClN2O3S/c1-3-5-10-18(4-2)16-24-22(26)17-25(20-12-9-11-19(23)15-20)29(27,28)21-13-7-6-8-14-21/h6-9,11-15,18H,3-5,10,16-17H2,1-2H3,(H,24,26)/t18-/m0/s1. The van der Waals surface area contributed by atoms with E-state index in [9.17, 15) is 13.2 Å². The highest BCUT2D eigenvalue weighted by Crippen LogP contribution is 2.26. The van der Waals surface area contributed by atoms with Gasteiger partial charge in [0.25, 0.3) is 10.0 Å². The van der Waals surface area contributed by atoms with Gasteiger partial charge < -0.3 is 5.32 Å². The molecule has 29 heavy (non-hydrogen) atoms. The first-order chi connectivity index (χ1) is 13.9. The Morgan fingerprint density at radius 1 is 1.10 bits per heavy atom. The quantitative estimate of drug-likeness (QED) is 0.546. The normalized spacial score (nSPS) is 12.4. The molecular formula is C22H29ClN2O3S. The van der Waals surface area contributed by atoms with Crippen LogP contribution < -0.4 is 9.62 Å². The van der Waals surface area contributed by atoms with Crippen molar-refractivity contribution in [3.63, 3.8) is 0 Å². The zero-order valence-electron chi connectivity index (χ0n) is 17.0. The van der Waals surface area contributed by atoms with Crippen LogP contribution in [0.15, 0.2) is 59.5 Å². The van der Waals surface area contributed by atoms with E-state index in [4.69, 9.17) is 11.6 Å². The molecule has 0 saturated heterocycles. The summed E-state index contributed by atoms with van der Waals surface area (Å²) in [5.74, 6) is 0.0590. The molecule has 0 fully saturated rings. The maximum atomic E-state index is 13.2. The summed E-state index contributed by atoms with van der Waals surface area (Å²) >= 11 is 6.07. The summed E-state index contributed by atoms with van der Waals surface area (Å²) in [6.07, 6.45) is 4.25. The van der Waals surface area contributed by atoms with Crippen molar-refractivity contribution in [3.8, 4) is 0 Å². The minimum atomic E-state index is -3.91. The third-order valence-corrected chi connectivity index (χ3v) is 6.87. The fourth-order valence-electron chi connectivity index (χ4n) is 3.05. The molecule has 0 spiro atoms. The zero-order chi connectivity index (χ0) is 21.3. The van der Waals surface area contributed by atoms with Gasteiger partial charge in [-0.2, -0.15) is 0 Å². The summed E-state index contributed by atoms with van der Waals surface area (Å²) in [4.78, 5) is 12.8. The van der Waals surface area contributed by atoms with E-state index in [2.05, 4.69) is 19.2 Å². The first-order valence-corrected chi connectivity index (χ1v) is 11.8. The number of halogens is 1. The van der Waals surface area contributed by atoms with Crippen LogP contribution in [0.4, 0.5) is 5.69 Å². The Bertz CT molecular complexity index is 888. The third-order valence-electron chi connectivity index (χ3n) is 4.85. The number of hydrogen-bond donors (Lipinski definition) is 1. The zero-order valence-corrected chi connectivity index (χ0v) is 18.5. The molecule has 1 N–H and O–H groups in total. The van der Waals surface area contributed by atoms with Gasteiger partial charge in [-0.15, -0.1) is 0 Å². The van der Waals surface area contributed by atoms with Crippen molar-refractivity contribution in [2.24, 2.45) is 5.92 Å². The summed E-state index contributed by atoms with van der Waals surface area (Å²) in [5, 5.41) is 3.31. The molecule has 0 saturated carbocycles. The van der Waals surface area contributed by atoms with Gasteiger partial charge in [0.2, 0.25) is 5.91 Å². The van der Waals surface area contributed by atoms with Crippen molar-refractivity contribution in [2.75, 3.05) is 17.4 Å². The molecule has 0 radical (unpaired) electrons. The lowest BCUT2D eigenvalue weighted by atomic mass is 9.99. The number of anilines is 1. The van der Waals surface area contributed by atoms with E-state index < -0.39 is 10.0 Å². The maximum absolute atomic E-state index is 13.2. The third kappa shape index (κ3) is 6.75. The van der Waals surface area contributed by atoms with Gasteiger partial charge in [0, 0.05) is 11.6 Å². The number of carbonyl (C=O) groups is 1. The Morgan fingerprint density at radius 2 is 1.83 bits per heavy atom. The number of amides is 1. The molecule has 0 heterocycles. The second kappa shape index (κ2) is 11.2. The van der Waals surface area contributed by atoms with Gasteiger partial charge in [-0.1, -0.05) is 69.0 Å². The van der Waals surface area contributed by atoms with E-state index in [1.165, 1.54) is 12.1 Å². The molecule has 2 aromatic rings. The molecule has 0 unspecified atom stereocenters. The smallest absolute Gasteiger partial charge is 0.264 e. The molecule has 1 amide bonds. The van der Waals surface area contributed by atoms with Crippen LogP contribution in [0, 0.1) is 5.92 Å². The largest absolute Gasteiger partial charge is 0.354 e. The Hall–Kier alpha value is -2.05. The van der Waals surface area contributed by atoms with Gasteiger partial charge in [0.15, 0.2) is 0 Å². The summed E-state index contributed by atoms with van der Waals surface area (Å²) in [6.45, 7) is 4.49. The SMILES string of the molecule is CCCC[C@H](CC)CNC(=O)CN(c1cccc(Cl)c1)S(=O)(=O)c1ccccc1. The number of nitrogens with zero attached hydrogens (tertiary/aromatic N) is 1. The minimum absolute atomic E-state index is 0.127. The molecular weight excluding hydrogens is 408 g/mol. The average molecular weight is 437 g/mol. The van der Waals surface area contributed by atoms with Crippen LogP contribution in [0.1, 0.15) is 39.5 Å². The predicted molar refractivity (Wildman–Crippen MR) is 119 cm³/mol. The van der Waals surface area contributed by atoms with Crippen molar-refractivity contribution >= 4 is 33.2 Å². The Morgan fingerprint density at radius 3 is 2.45 bits per heavy atom. The fourth-order valence-corrected chi connectivity index (χ4v) is 4.67. The predicted octanol–water partition coefficient (Wildman–Crippen LogP) is 4.87. The van der Waals surface area contributed by atoms with Gasteiger partial charge in [0.1, 0.15) is 6.54 Å². The van der Waals surface area contributed by atoms with E-state index in [1.807, 2.05) is 0 Å². The lowest BCUT2D eigenvalue weighted by Gasteiger charge is -2.25. The Kier molecular flexibility index (Phi) is 8.99. The van der Waals surface area contributed by atoms with Crippen molar-refractivity contribution in [1.29, 1.82) is 0 Å². The number of rotatable bonds is 11. The second-order valence-corrected chi connectivity index (χ2v) is 9.32. The molecule has 7 heteroatoms. The van der Waals surface area contributed by atoms with Crippen LogP contribution >= 0.6 is 11.6 Å². The number of unbranched alkanes of at least 4 members (excludes halogenated alkanes) is 1. The number of hydrogen-bond acceptors (Lipinski definition) is 3. The van der Waals surface area contributed by atoms with Crippen molar-refractivity contribution < 1.29 is 13.2 Å². The highest BCUT2D eigenvalue weighted by molar-refractivity contribution is 7.92. The van der Waals surface area contributed by atoms with Crippen LogP contribution in [-0.2, 0) is 14.8 Å². The van der Waals surface area contributed by atoms with Crippen LogP contribution in [-0.4, -0.2) is 27.4 Å². The van der Waals surface area contributed by atoms with E-state index in [1.54, 1.807) is 42.5 Å². The number of nitrogens with one attached hydrogen (secondary N) is 1. The molecule has 0 aliphatic heterocycles. The molecule has 0 aliphatic carbocycles. The van der Waals surface area contributed by atoms with Gasteiger partial charge in [0.05, 0.1) is 10.6 Å². The van der Waals surface area contributed by atoms with Crippen LogP contribution in [0.2, 0.25) is 5.02 Å². The molecule has 1 atom stereocenters. The molecule has 158 valence electrons. The monoisotopic (exact) mass is 436 g/mol. The average Bonchev–Trinajstić information content (AvgIpc) is 2.72. The Balaban J connectivity index is 2.21. The van der Waals surface area contributed by atoms with Gasteiger partial charge in [-0.25, -0.2) is 8.42 Å². The second-order valence-electron chi connectivity index (χ2n) is 7.03. The topological polar surface area (TPSA) is 66.5 Å². The fraction of sp³-hybridized carbons (Fsp3) is 0.409. The highest BCUT2D eigenvalue weighted by Gasteiger charge is 2.27. The number of sulfonamides is 1. The van der Waals surface area contributed by atoms with Gasteiger partial charge in [-0.05, 0) is 42.7 Å². The summed E-state index contributed by atoms with van der Waals surface area (Å²) < 4.78 is 27.5. The summed E-state index contributed by atoms with van der Waals surface area (Å²) in [5.41, 5.74) is 0.356. The molecule has 0 aliphatic rings. The number of benzene rings is 2. The first-order valence-electron chi connectivity index (χ1n) is 9.98.